The number of rotatable bonds is 6. The van der Waals surface area contributed by atoms with Crippen LogP contribution in [0, 0.1) is 0 Å². The van der Waals surface area contributed by atoms with Crippen LogP contribution in [0.5, 0.6) is 0 Å². The van der Waals surface area contributed by atoms with Crippen LogP contribution < -0.4 is 16.0 Å². The van der Waals surface area contributed by atoms with Crippen molar-refractivity contribution in [3.8, 4) is 0 Å². The van der Waals surface area contributed by atoms with Crippen molar-refractivity contribution >= 4 is 29.3 Å². The van der Waals surface area contributed by atoms with Gasteiger partial charge in [-0.15, -0.1) is 0 Å². The number of primary amides is 1. The zero-order valence-electron chi connectivity index (χ0n) is 10.2. The maximum Gasteiger partial charge on any atom is 0.236 e. The summed E-state index contributed by atoms with van der Waals surface area (Å²) in [6.07, 6.45) is 1.91. The fourth-order valence-corrected chi connectivity index (χ4v) is 1.66. The van der Waals surface area contributed by atoms with E-state index in [1.165, 1.54) is 11.8 Å². The van der Waals surface area contributed by atoms with Crippen LogP contribution in [0.1, 0.15) is 6.92 Å². The largest absolute Gasteiger partial charge is 0.370 e. The number of likely N-dealkylation sites (N-methyl/N-ethyl adjacent to an activating group) is 1. The second-order valence-corrected chi connectivity index (χ2v) is 4.22. The van der Waals surface area contributed by atoms with Crippen LogP contribution in [-0.2, 0) is 4.79 Å². The van der Waals surface area contributed by atoms with Crippen molar-refractivity contribution < 1.29 is 4.79 Å². The molecule has 0 bridgehead atoms. The van der Waals surface area contributed by atoms with Crippen molar-refractivity contribution in [3.05, 3.63) is 6.07 Å². The highest BCUT2D eigenvalue weighted by molar-refractivity contribution is 7.98. The molecule has 1 rings (SSSR count). The summed E-state index contributed by atoms with van der Waals surface area (Å²) in [4.78, 5) is 21.2. The Morgan fingerprint density at radius 2 is 2.29 bits per heavy atom. The van der Waals surface area contributed by atoms with Crippen LogP contribution >= 0.6 is 11.8 Å². The molecule has 0 saturated heterocycles. The van der Waals surface area contributed by atoms with Crippen LogP contribution in [-0.4, -0.2) is 42.3 Å². The van der Waals surface area contributed by atoms with E-state index in [1.807, 2.05) is 13.2 Å². The second kappa shape index (κ2) is 6.29. The zero-order valence-corrected chi connectivity index (χ0v) is 11.0. The Hall–Kier alpha value is -1.50. The molecular weight excluding hydrogens is 238 g/mol. The number of carbonyl (C=O) groups is 1. The van der Waals surface area contributed by atoms with E-state index in [0.29, 0.717) is 11.0 Å². The van der Waals surface area contributed by atoms with E-state index in [-0.39, 0.29) is 12.5 Å². The van der Waals surface area contributed by atoms with Crippen LogP contribution in [0.4, 0.5) is 11.6 Å². The summed E-state index contributed by atoms with van der Waals surface area (Å²) in [5.74, 6) is 1.04. The normalized spacial score (nSPS) is 10.1. The molecule has 94 valence electrons. The minimum Gasteiger partial charge on any atom is -0.370 e. The van der Waals surface area contributed by atoms with E-state index in [9.17, 15) is 4.79 Å². The number of nitrogens with two attached hydrogens (primary N) is 1. The fraction of sp³-hybridized carbons (Fsp3) is 0.500. The monoisotopic (exact) mass is 255 g/mol. The summed E-state index contributed by atoms with van der Waals surface area (Å²) in [7, 11) is 1.77. The third-order valence-electron chi connectivity index (χ3n) is 2.02. The number of amides is 1. The van der Waals surface area contributed by atoms with Gasteiger partial charge >= 0.3 is 0 Å². The predicted octanol–water partition coefficient (Wildman–Crippen LogP) is 0.552. The molecule has 0 fully saturated rings. The minimum absolute atomic E-state index is 0.135. The summed E-state index contributed by atoms with van der Waals surface area (Å²) >= 11 is 1.45. The van der Waals surface area contributed by atoms with Crippen LogP contribution in [0.3, 0.4) is 0 Å². The van der Waals surface area contributed by atoms with Crippen molar-refractivity contribution in [2.75, 3.05) is 36.6 Å². The fourth-order valence-electron chi connectivity index (χ4n) is 1.29. The first-order valence-electron chi connectivity index (χ1n) is 5.23. The molecule has 1 heterocycles. The molecule has 1 aromatic heterocycles. The van der Waals surface area contributed by atoms with Crippen LogP contribution in [0.15, 0.2) is 11.2 Å². The van der Waals surface area contributed by atoms with Crippen molar-refractivity contribution in [2.24, 2.45) is 5.73 Å². The molecule has 0 aliphatic rings. The highest BCUT2D eigenvalue weighted by Crippen LogP contribution is 2.19. The molecule has 7 heteroatoms. The van der Waals surface area contributed by atoms with Gasteiger partial charge < -0.3 is 16.0 Å². The Bertz CT molecular complexity index is 398. The molecule has 0 radical (unpaired) electrons. The van der Waals surface area contributed by atoms with E-state index < -0.39 is 0 Å². The first kappa shape index (κ1) is 13.6. The van der Waals surface area contributed by atoms with Gasteiger partial charge in [0.15, 0.2) is 5.16 Å². The predicted molar refractivity (Wildman–Crippen MR) is 70.4 cm³/mol. The standard InChI is InChI=1S/C10H17N5OS/c1-4-12-8-5-9(14-10(13-8)17-3)15(2)6-7(11)16/h5H,4,6H2,1-3H3,(H2,11,16)(H,12,13,14). The lowest BCUT2D eigenvalue weighted by molar-refractivity contribution is -0.116. The number of nitrogens with zero attached hydrogens (tertiary/aromatic N) is 3. The highest BCUT2D eigenvalue weighted by Gasteiger charge is 2.09. The Labute approximate surface area is 105 Å². The molecule has 3 N–H and O–H groups in total. The molecule has 1 aromatic rings. The SMILES string of the molecule is CCNc1cc(N(C)CC(N)=O)nc(SC)n1. The Morgan fingerprint density at radius 1 is 1.59 bits per heavy atom. The minimum atomic E-state index is -0.387. The molecule has 6 nitrogen and oxygen atoms in total. The van der Waals surface area contributed by atoms with Gasteiger partial charge in [-0.1, -0.05) is 11.8 Å². The van der Waals surface area contributed by atoms with Gasteiger partial charge in [-0.25, -0.2) is 9.97 Å². The van der Waals surface area contributed by atoms with Crippen molar-refractivity contribution in [1.29, 1.82) is 0 Å². The molecule has 0 spiro atoms. The van der Waals surface area contributed by atoms with E-state index in [2.05, 4.69) is 15.3 Å². The number of hydrogen-bond donors (Lipinski definition) is 2. The van der Waals surface area contributed by atoms with Gasteiger partial charge in [0.05, 0.1) is 6.54 Å². The second-order valence-electron chi connectivity index (χ2n) is 3.45. The first-order chi connectivity index (χ1) is 8.06. The van der Waals surface area contributed by atoms with Gasteiger partial charge in [-0.05, 0) is 13.2 Å². The number of nitrogens with one attached hydrogen (secondary N) is 1. The quantitative estimate of drug-likeness (QED) is 0.570. The lowest BCUT2D eigenvalue weighted by Crippen LogP contribution is -2.31. The first-order valence-corrected chi connectivity index (χ1v) is 6.45. The third-order valence-corrected chi connectivity index (χ3v) is 2.56. The molecule has 0 unspecified atom stereocenters. The van der Waals surface area contributed by atoms with E-state index in [1.54, 1.807) is 18.0 Å². The lowest BCUT2D eigenvalue weighted by Gasteiger charge is -2.17. The molecular formula is C10H17N5OS. The maximum absolute atomic E-state index is 10.9. The number of thioether (sulfide) groups is 1. The summed E-state index contributed by atoms with van der Waals surface area (Å²) in [6.45, 7) is 2.91. The van der Waals surface area contributed by atoms with E-state index in [0.717, 1.165) is 12.4 Å². The smallest absolute Gasteiger partial charge is 0.236 e. The molecule has 17 heavy (non-hydrogen) atoms. The Kier molecular flexibility index (Phi) is 5.02. The topological polar surface area (TPSA) is 84.1 Å². The molecule has 0 aliphatic heterocycles. The molecule has 0 saturated carbocycles. The van der Waals surface area contributed by atoms with E-state index >= 15 is 0 Å². The molecule has 0 aromatic carbocycles. The van der Waals surface area contributed by atoms with Gasteiger partial charge in [0.25, 0.3) is 0 Å². The maximum atomic E-state index is 10.9. The number of aromatic nitrogens is 2. The third kappa shape index (κ3) is 4.10. The van der Waals surface area contributed by atoms with Gasteiger partial charge in [-0.3, -0.25) is 4.79 Å². The number of hydrogen-bond acceptors (Lipinski definition) is 6. The number of anilines is 2. The molecule has 0 atom stereocenters. The van der Waals surface area contributed by atoms with Gasteiger partial charge in [0, 0.05) is 19.7 Å². The van der Waals surface area contributed by atoms with Gasteiger partial charge in [-0.2, -0.15) is 0 Å². The average molecular weight is 255 g/mol. The lowest BCUT2D eigenvalue weighted by atomic mass is 10.4. The molecule has 1 amide bonds. The summed E-state index contributed by atoms with van der Waals surface area (Å²) in [5, 5.41) is 3.79. The van der Waals surface area contributed by atoms with Crippen molar-refractivity contribution in [3.63, 3.8) is 0 Å². The summed E-state index contributed by atoms with van der Waals surface area (Å²) < 4.78 is 0. The average Bonchev–Trinajstić information content (AvgIpc) is 2.28. The van der Waals surface area contributed by atoms with Crippen LogP contribution in [0.2, 0.25) is 0 Å². The molecule has 0 aliphatic carbocycles. The van der Waals surface area contributed by atoms with Gasteiger partial charge in [0.1, 0.15) is 11.6 Å². The van der Waals surface area contributed by atoms with Crippen molar-refractivity contribution in [1.82, 2.24) is 9.97 Å². The zero-order chi connectivity index (χ0) is 12.8. The van der Waals surface area contributed by atoms with Crippen LogP contribution in [0.25, 0.3) is 0 Å². The Morgan fingerprint density at radius 3 is 2.82 bits per heavy atom. The van der Waals surface area contributed by atoms with E-state index in [4.69, 9.17) is 5.73 Å². The number of carbonyl (C=O) groups excluding carboxylic acids is 1. The summed E-state index contributed by atoms with van der Waals surface area (Å²) in [6, 6.07) is 1.80. The summed E-state index contributed by atoms with van der Waals surface area (Å²) in [5.41, 5.74) is 5.15. The Balaban J connectivity index is 2.96. The van der Waals surface area contributed by atoms with Gasteiger partial charge in [0.2, 0.25) is 5.91 Å². The highest BCUT2D eigenvalue weighted by atomic mass is 32.2. The van der Waals surface area contributed by atoms with Crippen molar-refractivity contribution in [2.45, 2.75) is 12.1 Å².